The lowest BCUT2D eigenvalue weighted by Gasteiger charge is -2.21. The molecular weight excluding hydrogens is 284 g/mol. The number of hydrogen-bond acceptors (Lipinski definition) is 4. The molecule has 0 bridgehead atoms. The Labute approximate surface area is 120 Å². The summed E-state index contributed by atoms with van der Waals surface area (Å²) in [6.07, 6.45) is 3.77. The minimum absolute atomic E-state index is 0.136. The minimum atomic E-state index is -3.25. The summed E-state index contributed by atoms with van der Waals surface area (Å²) in [5.74, 6) is -1.51. The third-order valence-corrected chi connectivity index (χ3v) is 3.79. The summed E-state index contributed by atoms with van der Waals surface area (Å²) in [6.45, 7) is 2.59. The van der Waals surface area contributed by atoms with Crippen LogP contribution in [0.2, 0.25) is 0 Å². The van der Waals surface area contributed by atoms with E-state index < -0.39 is 27.9 Å². The van der Waals surface area contributed by atoms with Crippen LogP contribution in [0.4, 0.5) is 4.79 Å². The van der Waals surface area contributed by atoms with Gasteiger partial charge in [-0.1, -0.05) is 19.8 Å². The Hall–Kier alpha value is -1.31. The number of unbranched alkanes of at least 4 members (excludes halogenated alkanes) is 2. The first-order valence-corrected chi connectivity index (χ1v) is 8.65. The molecule has 0 saturated carbocycles. The predicted octanol–water partition coefficient (Wildman–Crippen LogP) is 0.706. The van der Waals surface area contributed by atoms with Crippen molar-refractivity contribution in [1.29, 1.82) is 0 Å². The van der Waals surface area contributed by atoms with Gasteiger partial charge in [0.05, 0.1) is 5.75 Å². The van der Waals surface area contributed by atoms with Crippen molar-refractivity contribution >= 4 is 21.8 Å². The van der Waals surface area contributed by atoms with Crippen molar-refractivity contribution in [2.75, 3.05) is 25.6 Å². The number of urea groups is 1. The van der Waals surface area contributed by atoms with Gasteiger partial charge < -0.3 is 15.3 Å². The molecule has 0 aliphatic carbocycles. The number of carbonyl (C=O) groups is 2. The average molecular weight is 308 g/mol. The topological polar surface area (TPSA) is 104 Å². The highest BCUT2D eigenvalue weighted by atomic mass is 32.2. The van der Waals surface area contributed by atoms with Gasteiger partial charge in [0, 0.05) is 19.8 Å². The number of hydrogen-bond donors (Lipinski definition) is 2. The van der Waals surface area contributed by atoms with Crippen LogP contribution in [-0.2, 0) is 14.6 Å². The predicted molar refractivity (Wildman–Crippen MR) is 76.4 cm³/mol. The van der Waals surface area contributed by atoms with E-state index in [1.807, 2.05) is 6.92 Å². The minimum Gasteiger partial charge on any atom is -0.480 e. The number of carboxylic acids is 1. The van der Waals surface area contributed by atoms with E-state index in [0.29, 0.717) is 6.54 Å². The van der Waals surface area contributed by atoms with E-state index in [-0.39, 0.29) is 12.2 Å². The summed E-state index contributed by atoms with van der Waals surface area (Å²) in [7, 11) is -1.67. The molecule has 7 nitrogen and oxygen atoms in total. The first kappa shape index (κ1) is 18.7. The number of nitrogens with zero attached hydrogens (tertiary/aromatic N) is 1. The standard InChI is InChI=1S/C12H24N2O5S/c1-4-5-6-8-14(2)12(17)13-10(11(15)16)7-9-20(3,18)19/h10H,4-9H2,1-3H3,(H,13,17)(H,15,16). The second kappa shape index (κ2) is 8.78. The molecule has 118 valence electrons. The van der Waals surface area contributed by atoms with E-state index in [1.165, 1.54) is 4.90 Å². The van der Waals surface area contributed by atoms with Crippen molar-refractivity contribution < 1.29 is 23.1 Å². The zero-order valence-corrected chi connectivity index (χ0v) is 13.1. The molecule has 2 N–H and O–H groups in total. The lowest BCUT2D eigenvalue weighted by Crippen LogP contribution is -2.47. The molecule has 1 atom stereocenters. The fourth-order valence-corrected chi connectivity index (χ4v) is 2.21. The van der Waals surface area contributed by atoms with Crippen molar-refractivity contribution in [1.82, 2.24) is 10.2 Å². The zero-order chi connectivity index (χ0) is 15.8. The molecule has 0 radical (unpaired) electrons. The fraction of sp³-hybridized carbons (Fsp3) is 0.833. The molecular formula is C12H24N2O5S. The van der Waals surface area contributed by atoms with E-state index in [0.717, 1.165) is 25.5 Å². The van der Waals surface area contributed by atoms with Gasteiger partial charge in [0.15, 0.2) is 0 Å². The van der Waals surface area contributed by atoms with Gasteiger partial charge in [0.1, 0.15) is 15.9 Å². The smallest absolute Gasteiger partial charge is 0.326 e. The van der Waals surface area contributed by atoms with Crippen molar-refractivity contribution in [3.8, 4) is 0 Å². The van der Waals surface area contributed by atoms with Gasteiger partial charge in [-0.15, -0.1) is 0 Å². The molecule has 0 aromatic rings. The molecule has 0 rings (SSSR count). The maximum Gasteiger partial charge on any atom is 0.326 e. The third-order valence-electron chi connectivity index (χ3n) is 2.82. The first-order valence-electron chi connectivity index (χ1n) is 6.59. The first-order chi connectivity index (χ1) is 9.17. The van der Waals surface area contributed by atoms with Gasteiger partial charge in [-0.05, 0) is 12.8 Å². The van der Waals surface area contributed by atoms with Gasteiger partial charge >= 0.3 is 12.0 Å². The Balaban J connectivity index is 4.36. The van der Waals surface area contributed by atoms with Crippen LogP contribution in [-0.4, -0.2) is 62.1 Å². The van der Waals surface area contributed by atoms with Crippen LogP contribution in [0.15, 0.2) is 0 Å². The van der Waals surface area contributed by atoms with Gasteiger partial charge in [-0.25, -0.2) is 18.0 Å². The lowest BCUT2D eigenvalue weighted by molar-refractivity contribution is -0.139. The number of carboxylic acid groups (broad SMARTS) is 1. The van der Waals surface area contributed by atoms with Gasteiger partial charge in [-0.2, -0.15) is 0 Å². The normalized spacial score (nSPS) is 12.8. The Bertz CT molecular complexity index is 422. The SMILES string of the molecule is CCCCCN(C)C(=O)NC(CCS(C)(=O)=O)C(=O)O. The maximum atomic E-state index is 11.8. The molecule has 2 amide bonds. The van der Waals surface area contributed by atoms with Crippen LogP contribution in [0.5, 0.6) is 0 Å². The van der Waals surface area contributed by atoms with Gasteiger partial charge in [0.2, 0.25) is 0 Å². The quantitative estimate of drug-likeness (QED) is 0.610. The number of nitrogens with one attached hydrogen (secondary N) is 1. The average Bonchev–Trinajstić information content (AvgIpc) is 2.32. The van der Waals surface area contributed by atoms with Crippen molar-refractivity contribution in [2.45, 2.75) is 38.6 Å². The van der Waals surface area contributed by atoms with Crippen LogP contribution < -0.4 is 5.32 Å². The number of carbonyl (C=O) groups excluding carboxylic acids is 1. The summed E-state index contributed by atoms with van der Waals surface area (Å²) >= 11 is 0. The van der Waals surface area contributed by atoms with Gasteiger partial charge in [-0.3, -0.25) is 0 Å². The van der Waals surface area contributed by atoms with E-state index in [9.17, 15) is 18.0 Å². The maximum absolute atomic E-state index is 11.8. The van der Waals surface area contributed by atoms with E-state index in [1.54, 1.807) is 7.05 Å². The summed E-state index contributed by atoms with van der Waals surface area (Å²) in [6, 6.07) is -1.69. The van der Waals surface area contributed by atoms with E-state index >= 15 is 0 Å². The van der Waals surface area contributed by atoms with Crippen LogP contribution >= 0.6 is 0 Å². The number of amides is 2. The van der Waals surface area contributed by atoms with Crippen molar-refractivity contribution in [3.05, 3.63) is 0 Å². The largest absolute Gasteiger partial charge is 0.480 e. The van der Waals surface area contributed by atoms with Gasteiger partial charge in [0.25, 0.3) is 0 Å². The van der Waals surface area contributed by atoms with E-state index in [4.69, 9.17) is 5.11 Å². The number of sulfone groups is 1. The molecule has 1 unspecified atom stereocenters. The highest BCUT2D eigenvalue weighted by Crippen LogP contribution is 2.00. The Morgan fingerprint density at radius 3 is 2.35 bits per heavy atom. The number of rotatable bonds is 9. The summed E-state index contributed by atoms with van der Waals surface area (Å²) in [5, 5.41) is 11.3. The Morgan fingerprint density at radius 2 is 1.90 bits per heavy atom. The van der Waals surface area contributed by atoms with Crippen molar-refractivity contribution in [3.63, 3.8) is 0 Å². The van der Waals surface area contributed by atoms with Crippen LogP contribution in [0.1, 0.15) is 32.6 Å². The molecule has 8 heteroatoms. The second-order valence-corrected chi connectivity index (χ2v) is 7.15. The Kier molecular flexibility index (Phi) is 8.21. The molecule has 0 aromatic carbocycles. The summed E-state index contributed by atoms with van der Waals surface area (Å²) in [4.78, 5) is 24.2. The van der Waals surface area contributed by atoms with Crippen LogP contribution in [0, 0.1) is 0 Å². The molecule has 0 aliphatic heterocycles. The second-order valence-electron chi connectivity index (χ2n) is 4.89. The van der Waals surface area contributed by atoms with E-state index in [2.05, 4.69) is 5.32 Å². The molecule has 0 saturated heterocycles. The monoisotopic (exact) mass is 308 g/mol. The molecule has 0 heterocycles. The van der Waals surface area contributed by atoms with Crippen LogP contribution in [0.25, 0.3) is 0 Å². The zero-order valence-electron chi connectivity index (χ0n) is 12.3. The Morgan fingerprint density at radius 1 is 1.30 bits per heavy atom. The molecule has 20 heavy (non-hydrogen) atoms. The molecule has 0 aromatic heterocycles. The molecule has 0 spiro atoms. The summed E-state index contributed by atoms with van der Waals surface area (Å²) in [5.41, 5.74) is 0. The highest BCUT2D eigenvalue weighted by molar-refractivity contribution is 7.90. The summed E-state index contributed by atoms with van der Waals surface area (Å²) < 4.78 is 22.1. The molecule has 0 fully saturated rings. The fourth-order valence-electron chi connectivity index (χ4n) is 1.55. The van der Waals surface area contributed by atoms with Crippen molar-refractivity contribution in [2.24, 2.45) is 0 Å². The highest BCUT2D eigenvalue weighted by Gasteiger charge is 2.22. The number of aliphatic carboxylic acids is 1. The third kappa shape index (κ3) is 8.73. The lowest BCUT2D eigenvalue weighted by atomic mass is 10.2. The van der Waals surface area contributed by atoms with Crippen LogP contribution in [0.3, 0.4) is 0 Å². The molecule has 0 aliphatic rings.